The first-order valence-electron chi connectivity index (χ1n) is 11.1. The summed E-state index contributed by atoms with van der Waals surface area (Å²) in [7, 11) is 1.65. The summed E-state index contributed by atoms with van der Waals surface area (Å²) in [5, 5.41) is 13.5. The molecule has 0 radical (unpaired) electrons. The third kappa shape index (κ3) is 4.94. The van der Waals surface area contributed by atoms with E-state index in [1.807, 2.05) is 24.3 Å². The number of rotatable bonds is 8. The molecule has 1 saturated heterocycles. The first-order chi connectivity index (χ1) is 15.9. The highest BCUT2D eigenvalue weighted by Gasteiger charge is 2.41. The topological polar surface area (TPSA) is 107 Å². The molecule has 9 heteroatoms. The number of carbonyl (C=O) groups is 1. The van der Waals surface area contributed by atoms with Gasteiger partial charge in [-0.05, 0) is 43.4 Å². The number of aromatic nitrogens is 2. The van der Waals surface area contributed by atoms with Gasteiger partial charge in [-0.3, -0.25) is 9.59 Å². The second-order valence-corrected chi connectivity index (χ2v) is 9.63. The largest absolute Gasteiger partial charge is 0.502 e. The van der Waals surface area contributed by atoms with Crippen molar-refractivity contribution < 1.29 is 19.1 Å². The molecule has 8 nitrogen and oxygen atoms in total. The van der Waals surface area contributed by atoms with Crippen molar-refractivity contribution in [3.8, 4) is 5.75 Å². The highest BCUT2D eigenvalue weighted by molar-refractivity contribution is 7.99. The van der Waals surface area contributed by atoms with Crippen molar-refractivity contribution in [3.05, 3.63) is 57.9 Å². The predicted octanol–water partition coefficient (Wildman–Crippen LogP) is 3.12. The van der Waals surface area contributed by atoms with E-state index >= 15 is 0 Å². The van der Waals surface area contributed by atoms with Crippen LogP contribution in [0, 0.1) is 6.92 Å². The number of thioether (sulfide) groups is 1. The fraction of sp³-hybridized carbons (Fsp3) is 0.458. The molecule has 0 saturated carbocycles. The lowest BCUT2D eigenvalue weighted by Crippen LogP contribution is -2.38. The van der Waals surface area contributed by atoms with Crippen LogP contribution in [0.3, 0.4) is 0 Å². The van der Waals surface area contributed by atoms with E-state index in [0.717, 1.165) is 28.4 Å². The standard InChI is InChI=1S/C24H29N3O5S/c1-16-13-19(28)22(30)23(32-16)24(7-11-33-12-8-24)14-21(29)25-15-20-26-17-5-3-4-6-18(17)27(20)9-10-31-2/h3-6,13,30H,7-12,14-15H2,1-2H3,(H,25,29). The minimum Gasteiger partial charge on any atom is -0.502 e. The number of aryl methyl sites for hydroxylation is 1. The lowest BCUT2D eigenvalue weighted by atomic mass is 9.75. The van der Waals surface area contributed by atoms with E-state index in [1.54, 1.807) is 25.8 Å². The van der Waals surface area contributed by atoms with Crippen LogP contribution < -0.4 is 10.7 Å². The molecule has 2 N–H and O–H groups in total. The Morgan fingerprint density at radius 1 is 1.33 bits per heavy atom. The van der Waals surface area contributed by atoms with Crippen LogP contribution in [0.4, 0.5) is 0 Å². The Morgan fingerprint density at radius 3 is 2.85 bits per heavy atom. The smallest absolute Gasteiger partial charge is 0.227 e. The Hall–Kier alpha value is -2.78. The zero-order chi connectivity index (χ0) is 23.4. The molecule has 1 amide bonds. The first-order valence-corrected chi connectivity index (χ1v) is 12.2. The number of para-hydroxylation sites is 2. The highest BCUT2D eigenvalue weighted by atomic mass is 32.2. The fourth-order valence-corrected chi connectivity index (χ4v) is 5.72. The number of amides is 1. The van der Waals surface area contributed by atoms with Gasteiger partial charge in [-0.25, -0.2) is 4.98 Å². The molecule has 0 bridgehead atoms. The lowest BCUT2D eigenvalue weighted by molar-refractivity contribution is -0.122. The minimum atomic E-state index is -0.708. The maximum absolute atomic E-state index is 13.1. The number of hydrogen-bond donors (Lipinski definition) is 2. The summed E-state index contributed by atoms with van der Waals surface area (Å²) < 4.78 is 13.1. The summed E-state index contributed by atoms with van der Waals surface area (Å²) in [4.78, 5) is 30.0. The minimum absolute atomic E-state index is 0.131. The SMILES string of the molecule is COCCn1c(CNC(=O)CC2(c3oc(C)cc(=O)c3O)CCSCC2)nc2ccccc21. The Balaban J connectivity index is 1.56. The number of hydrogen-bond acceptors (Lipinski definition) is 7. The van der Waals surface area contributed by atoms with Gasteiger partial charge < -0.3 is 24.1 Å². The summed E-state index contributed by atoms with van der Waals surface area (Å²) in [5.41, 5.74) is 0.676. The van der Waals surface area contributed by atoms with Crippen molar-refractivity contribution in [2.45, 2.75) is 44.7 Å². The molecule has 2 aromatic heterocycles. The van der Waals surface area contributed by atoms with Crippen molar-refractivity contribution in [2.75, 3.05) is 25.2 Å². The number of nitrogens with one attached hydrogen (secondary N) is 1. The monoisotopic (exact) mass is 471 g/mol. The molecule has 3 aromatic rings. The van der Waals surface area contributed by atoms with Crippen LogP contribution in [0.5, 0.6) is 5.75 Å². The average molecular weight is 472 g/mol. The normalized spacial score (nSPS) is 15.6. The molecule has 4 rings (SSSR count). The van der Waals surface area contributed by atoms with Gasteiger partial charge in [0.1, 0.15) is 11.6 Å². The molecule has 0 aliphatic carbocycles. The quantitative estimate of drug-likeness (QED) is 0.520. The van der Waals surface area contributed by atoms with Gasteiger partial charge in [0.05, 0.1) is 24.2 Å². The molecule has 0 spiro atoms. The van der Waals surface area contributed by atoms with Gasteiger partial charge in [-0.2, -0.15) is 11.8 Å². The second kappa shape index (κ2) is 10.0. The number of benzene rings is 1. The number of nitrogens with zero attached hydrogens (tertiary/aromatic N) is 2. The maximum atomic E-state index is 13.1. The molecule has 1 aliphatic rings. The van der Waals surface area contributed by atoms with Crippen LogP contribution in [0.1, 0.15) is 36.6 Å². The van der Waals surface area contributed by atoms with Crippen LogP contribution in [0.25, 0.3) is 11.0 Å². The molecule has 3 heterocycles. The van der Waals surface area contributed by atoms with E-state index < -0.39 is 10.8 Å². The van der Waals surface area contributed by atoms with E-state index in [-0.39, 0.29) is 30.4 Å². The summed E-state index contributed by atoms with van der Waals surface area (Å²) in [6.07, 6.45) is 1.43. The van der Waals surface area contributed by atoms with Crippen LogP contribution in [-0.2, 0) is 28.0 Å². The number of fused-ring (bicyclic) bond motifs is 1. The van der Waals surface area contributed by atoms with Gasteiger partial charge in [0.15, 0.2) is 5.76 Å². The number of imidazole rings is 1. The van der Waals surface area contributed by atoms with Gasteiger partial charge >= 0.3 is 0 Å². The zero-order valence-electron chi connectivity index (χ0n) is 18.9. The molecule has 0 atom stereocenters. The van der Waals surface area contributed by atoms with E-state index in [1.165, 1.54) is 6.07 Å². The van der Waals surface area contributed by atoms with Crippen molar-refractivity contribution >= 4 is 28.7 Å². The molecule has 0 unspecified atom stereocenters. The van der Waals surface area contributed by atoms with Gasteiger partial charge in [-0.15, -0.1) is 0 Å². The number of aromatic hydroxyl groups is 1. The molecule has 1 fully saturated rings. The Morgan fingerprint density at radius 2 is 2.09 bits per heavy atom. The number of carbonyl (C=O) groups excluding carboxylic acids is 1. The maximum Gasteiger partial charge on any atom is 0.227 e. The van der Waals surface area contributed by atoms with Crippen LogP contribution in [0.15, 0.2) is 39.5 Å². The van der Waals surface area contributed by atoms with E-state index in [9.17, 15) is 14.7 Å². The Labute approximate surface area is 196 Å². The summed E-state index contributed by atoms with van der Waals surface area (Å²) in [6.45, 7) is 3.12. The first kappa shape index (κ1) is 23.4. The molecule has 1 aromatic carbocycles. The molecular weight excluding hydrogens is 442 g/mol. The Bertz CT molecular complexity index is 1200. The summed E-state index contributed by atoms with van der Waals surface area (Å²) in [6, 6.07) is 9.12. The third-order valence-corrected chi connectivity index (χ3v) is 7.16. The van der Waals surface area contributed by atoms with Crippen molar-refractivity contribution in [1.29, 1.82) is 0 Å². The van der Waals surface area contributed by atoms with Crippen molar-refractivity contribution in [3.63, 3.8) is 0 Å². The van der Waals surface area contributed by atoms with E-state index in [0.29, 0.717) is 31.8 Å². The van der Waals surface area contributed by atoms with E-state index in [4.69, 9.17) is 9.15 Å². The number of ether oxygens (including phenoxy) is 1. The fourth-order valence-electron chi connectivity index (χ4n) is 4.45. The van der Waals surface area contributed by atoms with Gasteiger partial charge in [-0.1, -0.05) is 12.1 Å². The van der Waals surface area contributed by atoms with Crippen LogP contribution in [-0.4, -0.2) is 45.8 Å². The van der Waals surface area contributed by atoms with Gasteiger partial charge in [0.25, 0.3) is 0 Å². The highest BCUT2D eigenvalue weighted by Crippen LogP contribution is 2.44. The third-order valence-electron chi connectivity index (χ3n) is 6.17. The second-order valence-electron chi connectivity index (χ2n) is 8.41. The zero-order valence-corrected chi connectivity index (χ0v) is 19.7. The van der Waals surface area contributed by atoms with E-state index in [2.05, 4.69) is 14.9 Å². The Kier molecular flexibility index (Phi) is 7.09. The molecule has 176 valence electrons. The van der Waals surface area contributed by atoms with Crippen LogP contribution in [0.2, 0.25) is 0 Å². The molecule has 33 heavy (non-hydrogen) atoms. The summed E-state index contributed by atoms with van der Waals surface area (Å²) >= 11 is 1.80. The lowest BCUT2D eigenvalue weighted by Gasteiger charge is -2.35. The average Bonchev–Trinajstić information content (AvgIpc) is 3.16. The molecular formula is C24H29N3O5S. The van der Waals surface area contributed by atoms with Gasteiger partial charge in [0, 0.05) is 31.6 Å². The van der Waals surface area contributed by atoms with Crippen molar-refractivity contribution in [2.24, 2.45) is 0 Å². The number of methoxy groups -OCH3 is 1. The van der Waals surface area contributed by atoms with Crippen molar-refractivity contribution in [1.82, 2.24) is 14.9 Å². The summed E-state index contributed by atoms with van der Waals surface area (Å²) in [5.74, 6) is 2.51. The van der Waals surface area contributed by atoms with Crippen LogP contribution >= 0.6 is 11.8 Å². The van der Waals surface area contributed by atoms with Gasteiger partial charge in [0.2, 0.25) is 17.1 Å². The molecule has 1 aliphatic heterocycles. The predicted molar refractivity (Wildman–Crippen MR) is 128 cm³/mol.